The molecule has 3 nitrogen and oxygen atoms in total. The van der Waals surface area contributed by atoms with Crippen molar-refractivity contribution in [3.05, 3.63) is 0 Å². The molecule has 0 aromatic rings. The van der Waals surface area contributed by atoms with Gasteiger partial charge in [0.1, 0.15) is 0 Å². The van der Waals surface area contributed by atoms with E-state index in [4.69, 9.17) is 9.47 Å². The second kappa shape index (κ2) is 26.4. The number of hydrogen-bond donors (Lipinski definition) is 0. The summed E-state index contributed by atoms with van der Waals surface area (Å²) in [6.07, 6.45) is 4.75. The number of methoxy groups -OCH3 is 1. The van der Waals surface area contributed by atoms with E-state index in [1.807, 2.05) is 27.7 Å². The Hall–Kier alpha value is -0.120. The minimum Gasteiger partial charge on any atom is -0.385 e. The maximum absolute atomic E-state index is 5.53. The van der Waals surface area contributed by atoms with Crippen LogP contribution in [0.3, 0.4) is 0 Å². The summed E-state index contributed by atoms with van der Waals surface area (Å²) in [6.45, 7) is 15.0. The van der Waals surface area contributed by atoms with Gasteiger partial charge in [0, 0.05) is 26.9 Å². The van der Waals surface area contributed by atoms with E-state index in [1.54, 1.807) is 7.11 Å². The van der Waals surface area contributed by atoms with Crippen LogP contribution in [-0.2, 0) is 9.47 Å². The lowest BCUT2D eigenvalue weighted by molar-refractivity contribution is 0.101. The standard InChI is InChI=1S/C12H27NO2.2C2H6/c1-4-5-8-13(2)9-12-15-11-7-6-10-14-3;2*1-2/h4-12H2,1-3H3;2*1-2H3. The van der Waals surface area contributed by atoms with Crippen LogP contribution in [0.25, 0.3) is 0 Å². The predicted molar refractivity (Wildman–Crippen MR) is 87.0 cm³/mol. The fourth-order valence-electron chi connectivity index (χ4n) is 1.31. The van der Waals surface area contributed by atoms with E-state index in [0.29, 0.717) is 0 Å². The lowest BCUT2D eigenvalue weighted by Gasteiger charge is -2.15. The highest BCUT2D eigenvalue weighted by atomic mass is 16.5. The maximum atomic E-state index is 5.53. The molecule has 0 aliphatic heterocycles. The van der Waals surface area contributed by atoms with E-state index in [1.165, 1.54) is 19.4 Å². The Morgan fingerprint density at radius 3 is 1.89 bits per heavy atom. The molecule has 0 heterocycles. The summed E-state index contributed by atoms with van der Waals surface area (Å²) in [7, 11) is 3.90. The Balaban J connectivity index is -0.000000579. The largest absolute Gasteiger partial charge is 0.385 e. The first-order chi connectivity index (χ1) is 9.31. The van der Waals surface area contributed by atoms with Crippen molar-refractivity contribution < 1.29 is 9.47 Å². The highest BCUT2D eigenvalue weighted by Gasteiger charge is 1.96. The van der Waals surface area contributed by atoms with Crippen LogP contribution >= 0.6 is 0 Å². The van der Waals surface area contributed by atoms with Crippen molar-refractivity contribution in [3.8, 4) is 0 Å². The van der Waals surface area contributed by atoms with Gasteiger partial charge in [-0.25, -0.2) is 0 Å². The second-order valence-corrected chi connectivity index (χ2v) is 3.97. The van der Waals surface area contributed by atoms with Gasteiger partial charge in [0.25, 0.3) is 0 Å². The van der Waals surface area contributed by atoms with Crippen molar-refractivity contribution in [2.24, 2.45) is 0 Å². The third kappa shape index (κ3) is 27.2. The van der Waals surface area contributed by atoms with Gasteiger partial charge in [0.2, 0.25) is 0 Å². The summed E-state index contributed by atoms with van der Waals surface area (Å²) in [4.78, 5) is 2.33. The average Bonchev–Trinajstić information content (AvgIpc) is 2.48. The van der Waals surface area contributed by atoms with Gasteiger partial charge >= 0.3 is 0 Å². The Bertz CT molecular complexity index is 121. The zero-order valence-electron chi connectivity index (χ0n) is 14.6. The summed E-state index contributed by atoms with van der Waals surface area (Å²) >= 11 is 0. The molecule has 0 spiro atoms. The van der Waals surface area contributed by atoms with E-state index >= 15 is 0 Å². The van der Waals surface area contributed by atoms with Gasteiger partial charge in [-0.2, -0.15) is 0 Å². The first-order valence-electron chi connectivity index (χ1n) is 8.06. The summed E-state index contributed by atoms with van der Waals surface area (Å²) in [5.41, 5.74) is 0. The maximum Gasteiger partial charge on any atom is 0.0593 e. The van der Waals surface area contributed by atoms with Gasteiger partial charge in [0.15, 0.2) is 0 Å². The molecule has 0 amide bonds. The molecule has 0 aliphatic rings. The van der Waals surface area contributed by atoms with Crippen molar-refractivity contribution in [2.75, 3.05) is 47.1 Å². The molecular weight excluding hydrogens is 238 g/mol. The molecular formula is C16H39NO2. The quantitative estimate of drug-likeness (QED) is 0.528. The summed E-state index contributed by atoms with van der Waals surface area (Å²) in [6, 6.07) is 0. The molecule has 0 bridgehead atoms. The zero-order valence-corrected chi connectivity index (χ0v) is 14.6. The number of rotatable bonds is 11. The third-order valence-electron chi connectivity index (χ3n) is 2.40. The van der Waals surface area contributed by atoms with Gasteiger partial charge in [-0.1, -0.05) is 41.0 Å². The molecule has 0 radical (unpaired) electrons. The number of nitrogens with zero attached hydrogens (tertiary/aromatic N) is 1. The van der Waals surface area contributed by atoms with Crippen LogP contribution in [0.2, 0.25) is 0 Å². The van der Waals surface area contributed by atoms with Gasteiger partial charge in [-0.15, -0.1) is 0 Å². The lowest BCUT2D eigenvalue weighted by Crippen LogP contribution is -2.24. The van der Waals surface area contributed by atoms with Crippen molar-refractivity contribution in [1.82, 2.24) is 4.90 Å². The molecule has 0 atom stereocenters. The van der Waals surface area contributed by atoms with Crippen molar-refractivity contribution in [3.63, 3.8) is 0 Å². The Morgan fingerprint density at radius 1 is 0.789 bits per heavy atom. The molecule has 0 saturated heterocycles. The van der Waals surface area contributed by atoms with Gasteiger partial charge in [-0.3, -0.25) is 0 Å². The van der Waals surface area contributed by atoms with Gasteiger partial charge in [-0.05, 0) is 32.9 Å². The van der Waals surface area contributed by atoms with Crippen LogP contribution in [0.4, 0.5) is 0 Å². The van der Waals surface area contributed by atoms with Crippen LogP contribution in [0.1, 0.15) is 60.3 Å². The highest BCUT2D eigenvalue weighted by Crippen LogP contribution is 1.93. The van der Waals surface area contributed by atoms with Crippen molar-refractivity contribution >= 4 is 0 Å². The average molecular weight is 277 g/mol. The lowest BCUT2D eigenvalue weighted by atomic mass is 10.3. The van der Waals surface area contributed by atoms with Crippen LogP contribution in [0.15, 0.2) is 0 Å². The normalized spacial score (nSPS) is 9.47. The number of unbranched alkanes of at least 4 members (excludes halogenated alkanes) is 2. The molecule has 19 heavy (non-hydrogen) atoms. The summed E-state index contributed by atoms with van der Waals surface area (Å²) in [5.74, 6) is 0. The van der Waals surface area contributed by atoms with Crippen molar-refractivity contribution in [2.45, 2.75) is 60.3 Å². The molecule has 3 heteroatoms. The molecule has 0 rings (SSSR count). The van der Waals surface area contributed by atoms with Crippen LogP contribution in [0, 0.1) is 0 Å². The molecule has 0 aromatic carbocycles. The Labute approximate surface area is 122 Å². The monoisotopic (exact) mass is 277 g/mol. The van der Waals surface area contributed by atoms with E-state index in [2.05, 4.69) is 18.9 Å². The first kappa shape index (κ1) is 23.9. The molecule has 0 fully saturated rings. The number of ether oxygens (including phenoxy) is 2. The molecule has 0 saturated carbocycles. The molecule has 0 aromatic heterocycles. The van der Waals surface area contributed by atoms with E-state index in [0.717, 1.165) is 39.2 Å². The zero-order chi connectivity index (χ0) is 15.4. The topological polar surface area (TPSA) is 21.7 Å². The van der Waals surface area contributed by atoms with Crippen molar-refractivity contribution in [1.29, 1.82) is 0 Å². The fourth-order valence-corrected chi connectivity index (χ4v) is 1.31. The molecule has 120 valence electrons. The van der Waals surface area contributed by atoms with Gasteiger partial charge < -0.3 is 14.4 Å². The van der Waals surface area contributed by atoms with Crippen LogP contribution in [-0.4, -0.2) is 52.0 Å². The Morgan fingerprint density at radius 2 is 1.37 bits per heavy atom. The molecule has 0 unspecified atom stereocenters. The minimum atomic E-state index is 0.847. The number of hydrogen-bond acceptors (Lipinski definition) is 3. The second-order valence-electron chi connectivity index (χ2n) is 3.97. The summed E-state index contributed by atoms with van der Waals surface area (Å²) < 4.78 is 10.5. The fraction of sp³-hybridized carbons (Fsp3) is 1.00. The first-order valence-corrected chi connectivity index (χ1v) is 8.06. The SMILES string of the molecule is CC.CC.CCCCN(C)CCOCCCCOC. The smallest absolute Gasteiger partial charge is 0.0593 e. The number of likely N-dealkylation sites (N-methyl/N-ethyl adjacent to an activating group) is 1. The molecule has 0 aliphatic carbocycles. The highest BCUT2D eigenvalue weighted by molar-refractivity contribution is 4.49. The predicted octanol–water partition coefficient (Wildman–Crippen LogP) is 4.21. The van der Waals surface area contributed by atoms with E-state index in [-0.39, 0.29) is 0 Å². The Kier molecular flexibility index (Phi) is 33.3. The van der Waals surface area contributed by atoms with Crippen LogP contribution < -0.4 is 0 Å². The van der Waals surface area contributed by atoms with Gasteiger partial charge in [0.05, 0.1) is 6.61 Å². The molecule has 0 N–H and O–H groups in total. The summed E-state index contributed by atoms with van der Waals surface area (Å²) in [5, 5.41) is 0. The van der Waals surface area contributed by atoms with Crippen LogP contribution in [0.5, 0.6) is 0 Å². The van der Waals surface area contributed by atoms with E-state index < -0.39 is 0 Å². The minimum absolute atomic E-state index is 0.847. The van der Waals surface area contributed by atoms with E-state index in [9.17, 15) is 0 Å². The third-order valence-corrected chi connectivity index (χ3v) is 2.40.